The van der Waals surface area contributed by atoms with Crippen LogP contribution in [-0.2, 0) is 25.3 Å². The minimum atomic E-state index is -0.199. The number of carbonyl (C=O) groups excluding carboxylic acids is 1. The maximum absolute atomic E-state index is 13.3. The summed E-state index contributed by atoms with van der Waals surface area (Å²) in [5, 5.41) is 1.45. The number of aryl methyl sites for hydroxylation is 2. The first-order chi connectivity index (χ1) is 17.5. The second-order valence-electron chi connectivity index (χ2n) is 8.69. The smallest absolute Gasteiger partial charge is 0.255 e. The summed E-state index contributed by atoms with van der Waals surface area (Å²) in [6.07, 6.45) is 3.70. The molecule has 0 spiro atoms. The number of hydrogen-bond donors (Lipinski definition) is 0. The summed E-state index contributed by atoms with van der Waals surface area (Å²) in [7, 11) is 0. The van der Waals surface area contributed by atoms with Crippen molar-refractivity contribution < 1.29 is 4.79 Å². The summed E-state index contributed by atoms with van der Waals surface area (Å²) in [4.78, 5) is 36.5. The summed E-state index contributed by atoms with van der Waals surface area (Å²) in [5.74, 6) is 1.04. The Morgan fingerprint density at radius 1 is 1.08 bits per heavy atom. The highest BCUT2D eigenvalue weighted by Gasteiger charge is 2.19. The van der Waals surface area contributed by atoms with Crippen LogP contribution < -0.4 is 5.56 Å². The van der Waals surface area contributed by atoms with E-state index in [0.29, 0.717) is 30.2 Å². The van der Waals surface area contributed by atoms with E-state index in [9.17, 15) is 9.59 Å². The molecule has 0 unspecified atom stereocenters. The molecule has 0 radical (unpaired) electrons. The molecule has 0 atom stereocenters. The third-order valence-electron chi connectivity index (χ3n) is 6.24. The summed E-state index contributed by atoms with van der Waals surface area (Å²) in [6, 6.07) is 16.9. The Hall–Kier alpha value is -2.87. The quantitative estimate of drug-likeness (QED) is 0.215. The van der Waals surface area contributed by atoms with Gasteiger partial charge in [0.05, 0.1) is 17.8 Å². The first kappa shape index (κ1) is 24.8. The molecule has 184 valence electrons. The molecule has 0 saturated heterocycles. The number of nitrogens with zero attached hydrogens (tertiary/aromatic N) is 4. The molecule has 0 aliphatic carbocycles. The monoisotopic (exact) mass is 538 g/mol. The van der Waals surface area contributed by atoms with E-state index in [1.54, 1.807) is 22.9 Å². The molecule has 9 heteroatoms. The van der Waals surface area contributed by atoms with Gasteiger partial charge in [-0.05, 0) is 54.1 Å². The highest BCUT2D eigenvalue weighted by molar-refractivity contribution is 7.98. The number of pyridine rings is 3. The van der Waals surface area contributed by atoms with Crippen LogP contribution in [0.25, 0.3) is 10.9 Å². The molecule has 0 fully saturated rings. The average molecular weight is 539 g/mol. The first-order valence-electron chi connectivity index (χ1n) is 11.7. The standard InChI is InChI=1S/C27H24Cl2N4O2S/c28-23-14-20(15-24(29)31-23)26(34)32(16-22-8-1-2-9-30-22)11-12-36-17-21-13-19-6-3-5-18-7-4-10-33(25(18)19)27(21)35/h1-3,5-6,8-9,13-15H,4,7,10-12,16-17H2. The zero-order chi connectivity index (χ0) is 25.1. The molecule has 0 saturated carbocycles. The van der Waals surface area contributed by atoms with E-state index in [2.05, 4.69) is 28.2 Å². The lowest BCUT2D eigenvalue weighted by Gasteiger charge is -2.23. The molecular formula is C27H24Cl2N4O2S. The number of amides is 1. The molecule has 5 rings (SSSR count). The number of halogens is 2. The lowest BCUT2D eigenvalue weighted by atomic mass is 10.0. The number of para-hydroxylation sites is 1. The van der Waals surface area contributed by atoms with Gasteiger partial charge in [0.1, 0.15) is 10.3 Å². The third kappa shape index (κ3) is 5.43. The molecule has 3 aromatic heterocycles. The maximum Gasteiger partial charge on any atom is 0.255 e. The fourth-order valence-corrected chi connectivity index (χ4v) is 5.98. The van der Waals surface area contributed by atoms with E-state index < -0.39 is 0 Å². The van der Waals surface area contributed by atoms with Crippen LogP contribution in [0.15, 0.2) is 65.6 Å². The SMILES string of the molecule is O=C(c1cc(Cl)nc(Cl)c1)N(CCSCc1cc2cccc3c2n(c1=O)CCC3)Cc1ccccn1. The van der Waals surface area contributed by atoms with Gasteiger partial charge in [0, 0.05) is 41.9 Å². The number of rotatable bonds is 8. The van der Waals surface area contributed by atoms with Gasteiger partial charge in [-0.1, -0.05) is 47.5 Å². The Morgan fingerprint density at radius 3 is 2.69 bits per heavy atom. The van der Waals surface area contributed by atoms with Gasteiger partial charge in [-0.15, -0.1) is 0 Å². The van der Waals surface area contributed by atoms with Crippen molar-refractivity contribution in [1.82, 2.24) is 19.4 Å². The Bertz CT molecular complexity index is 1460. The summed E-state index contributed by atoms with van der Waals surface area (Å²) < 4.78 is 1.93. The topological polar surface area (TPSA) is 68.1 Å². The number of aromatic nitrogens is 3. The minimum Gasteiger partial charge on any atom is -0.332 e. The fourth-order valence-electron chi connectivity index (χ4n) is 4.59. The average Bonchev–Trinajstić information content (AvgIpc) is 2.88. The predicted molar refractivity (Wildman–Crippen MR) is 146 cm³/mol. The van der Waals surface area contributed by atoms with Gasteiger partial charge in [0.25, 0.3) is 11.5 Å². The van der Waals surface area contributed by atoms with Gasteiger partial charge in [-0.3, -0.25) is 14.6 Å². The molecule has 0 bridgehead atoms. The Balaban J connectivity index is 1.31. The normalized spacial score (nSPS) is 12.6. The number of benzene rings is 1. The Kier molecular flexibility index (Phi) is 7.60. The molecule has 6 nitrogen and oxygen atoms in total. The number of thioether (sulfide) groups is 1. The van der Waals surface area contributed by atoms with E-state index >= 15 is 0 Å². The molecule has 1 aliphatic heterocycles. The second kappa shape index (κ2) is 11.0. The molecule has 0 N–H and O–H groups in total. The van der Waals surface area contributed by atoms with Crippen molar-refractivity contribution in [3.05, 3.63) is 104 Å². The van der Waals surface area contributed by atoms with E-state index in [1.807, 2.05) is 28.8 Å². The maximum atomic E-state index is 13.3. The lowest BCUT2D eigenvalue weighted by Crippen LogP contribution is -2.33. The molecular weight excluding hydrogens is 515 g/mol. The van der Waals surface area contributed by atoms with Crippen molar-refractivity contribution >= 4 is 51.8 Å². The van der Waals surface area contributed by atoms with Crippen molar-refractivity contribution in [1.29, 1.82) is 0 Å². The Morgan fingerprint density at radius 2 is 1.92 bits per heavy atom. The van der Waals surface area contributed by atoms with Crippen LogP contribution in [0, 0.1) is 0 Å². The molecule has 4 aromatic rings. The summed E-state index contributed by atoms with van der Waals surface area (Å²) in [5.41, 5.74) is 4.36. The van der Waals surface area contributed by atoms with Gasteiger partial charge in [-0.2, -0.15) is 11.8 Å². The van der Waals surface area contributed by atoms with Crippen molar-refractivity contribution in [3.8, 4) is 0 Å². The van der Waals surface area contributed by atoms with E-state index in [0.717, 1.165) is 41.5 Å². The zero-order valence-corrected chi connectivity index (χ0v) is 21.8. The van der Waals surface area contributed by atoms with Crippen molar-refractivity contribution in [2.75, 3.05) is 12.3 Å². The van der Waals surface area contributed by atoms with Gasteiger partial charge >= 0.3 is 0 Å². The number of hydrogen-bond acceptors (Lipinski definition) is 5. The Labute approximate surface area is 223 Å². The lowest BCUT2D eigenvalue weighted by molar-refractivity contribution is 0.0752. The summed E-state index contributed by atoms with van der Waals surface area (Å²) in [6.45, 7) is 1.58. The van der Waals surface area contributed by atoms with Gasteiger partial charge in [0.2, 0.25) is 0 Å². The molecule has 1 aromatic carbocycles. The minimum absolute atomic E-state index is 0.0876. The van der Waals surface area contributed by atoms with Crippen LogP contribution in [0.4, 0.5) is 0 Å². The van der Waals surface area contributed by atoms with Gasteiger partial charge in [0.15, 0.2) is 0 Å². The predicted octanol–water partition coefficient (Wildman–Crippen LogP) is 5.62. The van der Waals surface area contributed by atoms with Crippen LogP contribution in [-0.4, -0.2) is 37.6 Å². The van der Waals surface area contributed by atoms with Crippen molar-refractivity contribution in [3.63, 3.8) is 0 Å². The van der Waals surface area contributed by atoms with Crippen molar-refractivity contribution in [2.24, 2.45) is 0 Å². The highest BCUT2D eigenvalue weighted by atomic mass is 35.5. The largest absolute Gasteiger partial charge is 0.332 e. The molecule has 1 amide bonds. The van der Waals surface area contributed by atoms with E-state index in [-0.39, 0.29) is 21.8 Å². The highest BCUT2D eigenvalue weighted by Crippen LogP contribution is 2.25. The van der Waals surface area contributed by atoms with Gasteiger partial charge < -0.3 is 9.47 Å². The van der Waals surface area contributed by atoms with Crippen molar-refractivity contribution in [2.45, 2.75) is 31.7 Å². The zero-order valence-electron chi connectivity index (χ0n) is 19.5. The van der Waals surface area contributed by atoms with Crippen LogP contribution in [0.1, 0.15) is 33.6 Å². The van der Waals surface area contributed by atoms with E-state index in [4.69, 9.17) is 23.2 Å². The van der Waals surface area contributed by atoms with Crippen LogP contribution in [0.3, 0.4) is 0 Å². The second-order valence-corrected chi connectivity index (χ2v) is 10.6. The summed E-state index contributed by atoms with van der Waals surface area (Å²) >= 11 is 13.7. The number of carbonyl (C=O) groups is 1. The van der Waals surface area contributed by atoms with Crippen LogP contribution in [0.5, 0.6) is 0 Å². The van der Waals surface area contributed by atoms with Gasteiger partial charge in [-0.25, -0.2) is 4.98 Å². The molecule has 1 aliphatic rings. The molecule has 36 heavy (non-hydrogen) atoms. The van der Waals surface area contributed by atoms with Crippen LogP contribution in [0.2, 0.25) is 10.3 Å². The fraction of sp³-hybridized carbons (Fsp3) is 0.259. The van der Waals surface area contributed by atoms with E-state index in [1.165, 1.54) is 17.7 Å². The molecule has 4 heterocycles. The first-order valence-corrected chi connectivity index (χ1v) is 13.6. The third-order valence-corrected chi connectivity index (χ3v) is 7.61. The van der Waals surface area contributed by atoms with Crippen LogP contribution >= 0.6 is 35.0 Å².